The number of nitrogens with one attached hydrogen (secondary N) is 1. The first kappa shape index (κ1) is 19.5. The molecule has 0 aromatic carbocycles. The van der Waals surface area contributed by atoms with Gasteiger partial charge in [-0.2, -0.15) is 0 Å². The van der Waals surface area contributed by atoms with Crippen LogP contribution in [0.1, 0.15) is 64.7 Å². The second-order valence-corrected chi connectivity index (χ2v) is 8.09. The van der Waals surface area contributed by atoms with Crippen LogP contribution in [0, 0.1) is 5.92 Å². The number of amides is 2. The minimum atomic E-state index is -0.179. The molecule has 2 aliphatic heterocycles. The first-order valence-electron chi connectivity index (χ1n) is 10.6. The second kappa shape index (κ2) is 9.58. The first-order valence-corrected chi connectivity index (χ1v) is 10.6. The Kier molecular flexibility index (Phi) is 7.17. The Morgan fingerprint density at radius 3 is 2.38 bits per heavy atom. The third kappa shape index (κ3) is 5.12. The quantitative estimate of drug-likeness (QED) is 0.832. The van der Waals surface area contributed by atoms with E-state index in [-0.39, 0.29) is 17.9 Å². The van der Waals surface area contributed by atoms with Crippen molar-refractivity contribution in [1.29, 1.82) is 0 Å². The molecule has 148 valence electrons. The number of likely N-dealkylation sites (tertiary alicyclic amines) is 2. The number of nitrogens with zero attached hydrogens (tertiary/aromatic N) is 2. The molecular weight excluding hydrogens is 330 g/mol. The zero-order valence-corrected chi connectivity index (χ0v) is 16.3. The monoisotopic (exact) mass is 365 g/mol. The number of ether oxygens (including phenoxy) is 1. The lowest BCUT2D eigenvalue weighted by Crippen LogP contribution is -2.54. The molecule has 0 unspecified atom stereocenters. The van der Waals surface area contributed by atoms with Gasteiger partial charge in [0.15, 0.2) is 0 Å². The van der Waals surface area contributed by atoms with Gasteiger partial charge in [-0.1, -0.05) is 19.3 Å². The topological polar surface area (TPSA) is 61.9 Å². The molecule has 2 amide bonds. The second-order valence-electron chi connectivity index (χ2n) is 8.09. The molecule has 0 spiro atoms. The van der Waals surface area contributed by atoms with Crippen molar-refractivity contribution in [3.8, 4) is 0 Å². The minimum absolute atomic E-state index is 0.179. The molecule has 6 heteroatoms. The molecule has 26 heavy (non-hydrogen) atoms. The number of rotatable bonds is 4. The maximum absolute atomic E-state index is 12.5. The first-order chi connectivity index (χ1) is 12.7. The molecule has 2 heterocycles. The summed E-state index contributed by atoms with van der Waals surface area (Å²) >= 11 is 0. The Morgan fingerprint density at radius 1 is 0.962 bits per heavy atom. The van der Waals surface area contributed by atoms with E-state index in [1.165, 1.54) is 19.3 Å². The van der Waals surface area contributed by atoms with Crippen molar-refractivity contribution in [2.75, 3.05) is 32.8 Å². The fourth-order valence-corrected chi connectivity index (χ4v) is 4.77. The predicted octanol–water partition coefficient (Wildman–Crippen LogP) is 2.77. The van der Waals surface area contributed by atoms with Crippen molar-refractivity contribution in [2.45, 2.75) is 76.8 Å². The van der Waals surface area contributed by atoms with Crippen LogP contribution in [-0.4, -0.2) is 66.7 Å². The van der Waals surface area contributed by atoms with Gasteiger partial charge in [0.2, 0.25) is 5.91 Å². The van der Waals surface area contributed by atoms with Crippen LogP contribution < -0.4 is 5.32 Å². The number of hydrogen-bond acceptors (Lipinski definition) is 4. The van der Waals surface area contributed by atoms with E-state index >= 15 is 0 Å². The number of piperidine rings is 2. The van der Waals surface area contributed by atoms with Gasteiger partial charge >= 0.3 is 6.09 Å². The van der Waals surface area contributed by atoms with E-state index in [4.69, 9.17) is 4.74 Å². The van der Waals surface area contributed by atoms with Gasteiger partial charge in [-0.3, -0.25) is 9.69 Å². The van der Waals surface area contributed by atoms with Gasteiger partial charge in [0.25, 0.3) is 0 Å². The summed E-state index contributed by atoms with van der Waals surface area (Å²) in [5, 5.41) is 3.34. The van der Waals surface area contributed by atoms with E-state index in [0.29, 0.717) is 18.7 Å². The molecule has 1 saturated carbocycles. The molecule has 3 aliphatic rings. The number of hydrogen-bond donors (Lipinski definition) is 1. The highest BCUT2D eigenvalue weighted by Crippen LogP contribution is 2.25. The minimum Gasteiger partial charge on any atom is -0.450 e. The Balaban J connectivity index is 1.43. The van der Waals surface area contributed by atoms with Crippen molar-refractivity contribution in [1.82, 2.24) is 15.1 Å². The average Bonchev–Trinajstić information content (AvgIpc) is 2.69. The van der Waals surface area contributed by atoms with E-state index in [1.54, 1.807) is 0 Å². The lowest BCUT2D eigenvalue weighted by molar-refractivity contribution is -0.127. The predicted molar refractivity (Wildman–Crippen MR) is 101 cm³/mol. The Morgan fingerprint density at radius 2 is 1.69 bits per heavy atom. The third-order valence-corrected chi connectivity index (χ3v) is 6.28. The lowest BCUT2D eigenvalue weighted by atomic mass is 9.88. The van der Waals surface area contributed by atoms with Gasteiger partial charge in [0, 0.05) is 37.6 Å². The Hall–Kier alpha value is -1.30. The van der Waals surface area contributed by atoms with Gasteiger partial charge in [0.05, 0.1) is 6.61 Å². The molecule has 2 saturated heterocycles. The van der Waals surface area contributed by atoms with E-state index in [2.05, 4.69) is 10.2 Å². The van der Waals surface area contributed by atoms with Crippen molar-refractivity contribution in [2.24, 2.45) is 5.92 Å². The van der Waals surface area contributed by atoms with Gasteiger partial charge < -0.3 is 15.0 Å². The summed E-state index contributed by atoms with van der Waals surface area (Å²) in [5.41, 5.74) is 0. The summed E-state index contributed by atoms with van der Waals surface area (Å²) in [6.45, 7) is 5.91. The van der Waals surface area contributed by atoms with Gasteiger partial charge in [-0.25, -0.2) is 4.79 Å². The summed E-state index contributed by atoms with van der Waals surface area (Å²) < 4.78 is 5.11. The van der Waals surface area contributed by atoms with Crippen LogP contribution in [-0.2, 0) is 9.53 Å². The largest absolute Gasteiger partial charge is 0.450 e. The smallest absolute Gasteiger partial charge is 0.409 e. The molecule has 0 aromatic rings. The molecule has 1 atom stereocenters. The fraction of sp³-hybridized carbons (Fsp3) is 0.900. The lowest BCUT2D eigenvalue weighted by Gasteiger charge is -2.42. The zero-order chi connectivity index (χ0) is 18.4. The summed E-state index contributed by atoms with van der Waals surface area (Å²) in [6.07, 6.45) is 9.88. The highest BCUT2D eigenvalue weighted by atomic mass is 16.6. The molecular formula is C20H35N3O3. The highest BCUT2D eigenvalue weighted by molar-refractivity contribution is 5.79. The van der Waals surface area contributed by atoms with E-state index in [0.717, 1.165) is 64.7 Å². The summed E-state index contributed by atoms with van der Waals surface area (Å²) in [7, 11) is 0. The third-order valence-electron chi connectivity index (χ3n) is 6.28. The van der Waals surface area contributed by atoms with Crippen molar-refractivity contribution in [3.05, 3.63) is 0 Å². The number of carbonyl (C=O) groups is 2. The highest BCUT2D eigenvalue weighted by Gasteiger charge is 2.32. The molecule has 1 aliphatic carbocycles. The van der Waals surface area contributed by atoms with Crippen molar-refractivity contribution < 1.29 is 14.3 Å². The van der Waals surface area contributed by atoms with Gasteiger partial charge in [-0.05, 0) is 52.0 Å². The standard InChI is InChI=1S/C20H35N3O3/c1-2-26-20(25)22-13-10-18(11-14-22)23-12-6-9-17(15-23)21-19(24)16-7-4-3-5-8-16/h16-18H,2-15H2,1H3,(H,21,24)/t17-/m1/s1. The van der Waals surface area contributed by atoms with E-state index < -0.39 is 0 Å². The van der Waals surface area contributed by atoms with Crippen LogP contribution >= 0.6 is 0 Å². The summed E-state index contributed by atoms with van der Waals surface area (Å²) in [5.74, 6) is 0.528. The molecule has 0 radical (unpaired) electrons. The average molecular weight is 366 g/mol. The fourth-order valence-electron chi connectivity index (χ4n) is 4.77. The van der Waals surface area contributed by atoms with Crippen molar-refractivity contribution in [3.63, 3.8) is 0 Å². The van der Waals surface area contributed by atoms with Crippen LogP contribution in [0.4, 0.5) is 4.79 Å². The SMILES string of the molecule is CCOC(=O)N1CCC(N2CCC[C@@H](NC(=O)C3CCCCC3)C2)CC1. The molecule has 3 rings (SSSR count). The molecule has 3 fully saturated rings. The molecule has 6 nitrogen and oxygen atoms in total. The van der Waals surface area contributed by atoms with Crippen LogP contribution in [0.5, 0.6) is 0 Å². The van der Waals surface area contributed by atoms with Gasteiger partial charge in [-0.15, -0.1) is 0 Å². The van der Waals surface area contributed by atoms with E-state index in [1.807, 2.05) is 11.8 Å². The van der Waals surface area contributed by atoms with Crippen LogP contribution in [0.3, 0.4) is 0 Å². The molecule has 0 aromatic heterocycles. The number of carbonyl (C=O) groups excluding carboxylic acids is 2. The maximum atomic E-state index is 12.5. The van der Waals surface area contributed by atoms with Gasteiger partial charge in [0.1, 0.15) is 0 Å². The van der Waals surface area contributed by atoms with Crippen LogP contribution in [0.15, 0.2) is 0 Å². The molecule has 0 bridgehead atoms. The normalized spacial score (nSPS) is 26.5. The maximum Gasteiger partial charge on any atom is 0.409 e. The molecule has 1 N–H and O–H groups in total. The Labute approximate surface area is 157 Å². The Bertz CT molecular complexity index is 471. The summed E-state index contributed by atoms with van der Waals surface area (Å²) in [6, 6.07) is 0.816. The van der Waals surface area contributed by atoms with E-state index in [9.17, 15) is 9.59 Å². The van der Waals surface area contributed by atoms with Crippen LogP contribution in [0.2, 0.25) is 0 Å². The van der Waals surface area contributed by atoms with Crippen LogP contribution in [0.25, 0.3) is 0 Å². The van der Waals surface area contributed by atoms with Crippen molar-refractivity contribution >= 4 is 12.0 Å². The zero-order valence-electron chi connectivity index (χ0n) is 16.3. The summed E-state index contributed by atoms with van der Waals surface area (Å²) in [4.78, 5) is 28.8.